The molecule has 3 heteroatoms. The van der Waals surface area contributed by atoms with Gasteiger partial charge in [0.15, 0.2) is 0 Å². The molecule has 0 aromatic heterocycles. The molecule has 0 unspecified atom stereocenters. The van der Waals surface area contributed by atoms with Crippen molar-refractivity contribution in [2.45, 2.75) is 43.8 Å². The van der Waals surface area contributed by atoms with Crippen LogP contribution in [0, 0.1) is 0 Å². The van der Waals surface area contributed by atoms with Gasteiger partial charge in [-0.2, -0.15) is 0 Å². The van der Waals surface area contributed by atoms with Crippen LogP contribution in [0.3, 0.4) is 0 Å². The van der Waals surface area contributed by atoms with Gasteiger partial charge in [0.2, 0.25) is 5.91 Å². The first-order valence-electron chi connectivity index (χ1n) is 7.79. The van der Waals surface area contributed by atoms with Gasteiger partial charge in [0.05, 0.1) is 5.25 Å². The van der Waals surface area contributed by atoms with E-state index in [0.29, 0.717) is 0 Å². The Morgan fingerprint density at radius 2 is 1.59 bits per heavy atom. The van der Waals surface area contributed by atoms with E-state index in [1.165, 1.54) is 11.1 Å². The maximum atomic E-state index is 12.5. The number of aryl methyl sites for hydroxylation is 2. The van der Waals surface area contributed by atoms with E-state index in [2.05, 4.69) is 37.4 Å². The lowest BCUT2D eigenvalue weighted by molar-refractivity contribution is -0.115. The summed E-state index contributed by atoms with van der Waals surface area (Å²) in [6.07, 6.45) is 1.84. The Hall–Kier alpha value is -1.74. The zero-order valence-corrected chi connectivity index (χ0v) is 14.2. The highest BCUT2D eigenvalue weighted by Gasteiger charge is 2.17. The second-order valence-electron chi connectivity index (χ2n) is 5.22. The van der Waals surface area contributed by atoms with Crippen molar-refractivity contribution in [1.29, 1.82) is 0 Å². The van der Waals surface area contributed by atoms with Crippen LogP contribution in [-0.4, -0.2) is 11.2 Å². The highest BCUT2D eigenvalue weighted by Crippen LogP contribution is 2.26. The molecule has 0 saturated heterocycles. The number of hydrogen-bond donors (Lipinski definition) is 1. The standard InChI is InChI=1S/C19H23NOS/c1-4-15-10-9-11-16(5-2)18(15)20-19(21)14(3)22-17-12-7-6-8-13-17/h6-14H,4-5H2,1-3H3,(H,20,21)/t14-/m0/s1. The van der Waals surface area contributed by atoms with Crippen LogP contribution in [0.2, 0.25) is 0 Å². The molecule has 0 fully saturated rings. The average molecular weight is 313 g/mol. The first-order valence-corrected chi connectivity index (χ1v) is 8.67. The fourth-order valence-electron chi connectivity index (χ4n) is 2.38. The largest absolute Gasteiger partial charge is 0.325 e. The average Bonchev–Trinajstić information content (AvgIpc) is 2.55. The van der Waals surface area contributed by atoms with Gasteiger partial charge in [0.25, 0.3) is 0 Å². The van der Waals surface area contributed by atoms with Crippen molar-refractivity contribution in [2.75, 3.05) is 5.32 Å². The lowest BCUT2D eigenvalue weighted by Crippen LogP contribution is -2.23. The summed E-state index contributed by atoms with van der Waals surface area (Å²) in [6.45, 7) is 6.19. The molecule has 0 saturated carbocycles. The van der Waals surface area contributed by atoms with Crippen LogP contribution in [0.4, 0.5) is 5.69 Å². The number of carbonyl (C=O) groups is 1. The Balaban J connectivity index is 2.11. The fourth-order valence-corrected chi connectivity index (χ4v) is 3.27. The number of para-hydroxylation sites is 1. The summed E-state index contributed by atoms with van der Waals surface area (Å²) in [5.41, 5.74) is 3.40. The Morgan fingerprint density at radius 3 is 2.14 bits per heavy atom. The molecule has 1 amide bonds. The van der Waals surface area contributed by atoms with Gasteiger partial charge in [-0.05, 0) is 43.0 Å². The summed E-state index contributed by atoms with van der Waals surface area (Å²) in [5, 5.41) is 3.01. The lowest BCUT2D eigenvalue weighted by atomic mass is 10.0. The summed E-state index contributed by atoms with van der Waals surface area (Å²) in [6, 6.07) is 16.3. The molecule has 2 aromatic rings. The monoisotopic (exact) mass is 313 g/mol. The Bertz CT molecular complexity index is 602. The minimum atomic E-state index is -0.128. The van der Waals surface area contributed by atoms with Gasteiger partial charge in [-0.1, -0.05) is 50.2 Å². The molecule has 1 atom stereocenters. The number of rotatable bonds is 6. The van der Waals surface area contributed by atoms with Gasteiger partial charge < -0.3 is 5.32 Å². The molecule has 1 N–H and O–H groups in total. The van der Waals surface area contributed by atoms with Crippen molar-refractivity contribution in [3.8, 4) is 0 Å². The lowest BCUT2D eigenvalue weighted by Gasteiger charge is -2.17. The van der Waals surface area contributed by atoms with Gasteiger partial charge in [-0.3, -0.25) is 4.79 Å². The fraction of sp³-hybridized carbons (Fsp3) is 0.316. The summed E-state index contributed by atoms with van der Waals surface area (Å²) in [5.74, 6) is 0.0597. The van der Waals surface area contributed by atoms with E-state index in [9.17, 15) is 4.79 Å². The topological polar surface area (TPSA) is 29.1 Å². The quantitative estimate of drug-likeness (QED) is 0.766. The zero-order chi connectivity index (χ0) is 15.9. The highest BCUT2D eigenvalue weighted by molar-refractivity contribution is 8.00. The van der Waals surface area contributed by atoms with E-state index in [4.69, 9.17) is 0 Å². The first-order chi connectivity index (χ1) is 10.7. The van der Waals surface area contributed by atoms with E-state index in [1.54, 1.807) is 11.8 Å². The molecule has 0 aliphatic carbocycles. The van der Waals surface area contributed by atoms with Crippen molar-refractivity contribution >= 4 is 23.4 Å². The number of carbonyl (C=O) groups excluding carboxylic acids is 1. The minimum absolute atomic E-state index is 0.0597. The van der Waals surface area contributed by atoms with Gasteiger partial charge in [-0.25, -0.2) is 0 Å². The first kappa shape index (κ1) is 16.6. The molecule has 0 aliphatic heterocycles. The van der Waals surface area contributed by atoms with Crippen LogP contribution < -0.4 is 5.32 Å². The highest BCUT2D eigenvalue weighted by atomic mass is 32.2. The molecule has 2 rings (SSSR count). The molecule has 0 bridgehead atoms. The summed E-state index contributed by atoms with van der Waals surface area (Å²) >= 11 is 1.59. The second kappa shape index (κ2) is 8.04. The van der Waals surface area contributed by atoms with Gasteiger partial charge >= 0.3 is 0 Å². The van der Waals surface area contributed by atoms with Crippen molar-refractivity contribution in [1.82, 2.24) is 0 Å². The van der Waals surface area contributed by atoms with E-state index in [1.807, 2.05) is 37.3 Å². The van der Waals surface area contributed by atoms with E-state index in [-0.39, 0.29) is 11.2 Å². The molecule has 116 valence electrons. The summed E-state index contributed by atoms with van der Waals surface area (Å²) < 4.78 is 0. The predicted octanol–water partition coefficient (Wildman–Crippen LogP) is 4.93. The smallest absolute Gasteiger partial charge is 0.237 e. The molecule has 2 aromatic carbocycles. The van der Waals surface area contributed by atoms with Crippen molar-refractivity contribution in [3.05, 3.63) is 59.7 Å². The van der Waals surface area contributed by atoms with Crippen LogP contribution in [0.1, 0.15) is 31.9 Å². The molecule has 0 heterocycles. The molecular weight excluding hydrogens is 290 g/mol. The summed E-state index contributed by atoms with van der Waals surface area (Å²) in [7, 11) is 0. The van der Waals surface area contributed by atoms with Gasteiger partial charge in [0, 0.05) is 10.6 Å². The zero-order valence-electron chi connectivity index (χ0n) is 13.4. The number of anilines is 1. The van der Waals surface area contributed by atoms with Crippen LogP contribution >= 0.6 is 11.8 Å². The Morgan fingerprint density at radius 1 is 1.00 bits per heavy atom. The number of nitrogens with one attached hydrogen (secondary N) is 1. The maximum Gasteiger partial charge on any atom is 0.237 e. The van der Waals surface area contributed by atoms with E-state index < -0.39 is 0 Å². The van der Waals surface area contributed by atoms with Crippen molar-refractivity contribution < 1.29 is 4.79 Å². The van der Waals surface area contributed by atoms with Crippen LogP contribution in [0.15, 0.2) is 53.4 Å². The van der Waals surface area contributed by atoms with Crippen molar-refractivity contribution in [3.63, 3.8) is 0 Å². The third-order valence-electron chi connectivity index (χ3n) is 3.67. The predicted molar refractivity (Wildman–Crippen MR) is 95.6 cm³/mol. The molecule has 2 nitrogen and oxygen atoms in total. The molecular formula is C19H23NOS. The number of thioether (sulfide) groups is 1. The van der Waals surface area contributed by atoms with Gasteiger partial charge in [0.1, 0.15) is 0 Å². The number of benzene rings is 2. The molecule has 0 aliphatic rings. The molecule has 0 radical (unpaired) electrons. The van der Waals surface area contributed by atoms with E-state index >= 15 is 0 Å². The SMILES string of the molecule is CCc1cccc(CC)c1NC(=O)[C@H](C)Sc1ccccc1. The minimum Gasteiger partial charge on any atom is -0.325 e. The number of amides is 1. The van der Waals surface area contributed by atoms with Crippen LogP contribution in [0.25, 0.3) is 0 Å². The normalized spacial score (nSPS) is 12.0. The van der Waals surface area contributed by atoms with E-state index in [0.717, 1.165) is 23.4 Å². The molecule has 0 spiro atoms. The third-order valence-corrected chi connectivity index (χ3v) is 4.78. The maximum absolute atomic E-state index is 12.5. The van der Waals surface area contributed by atoms with Crippen LogP contribution in [0.5, 0.6) is 0 Å². The summed E-state index contributed by atoms with van der Waals surface area (Å²) in [4.78, 5) is 13.6. The second-order valence-corrected chi connectivity index (χ2v) is 6.63. The molecule has 22 heavy (non-hydrogen) atoms. The number of hydrogen-bond acceptors (Lipinski definition) is 2. The van der Waals surface area contributed by atoms with Crippen LogP contribution in [-0.2, 0) is 17.6 Å². The Kier molecular flexibility index (Phi) is 6.08. The van der Waals surface area contributed by atoms with Gasteiger partial charge in [-0.15, -0.1) is 11.8 Å². The Labute approximate surface area is 137 Å². The third kappa shape index (κ3) is 4.14. The van der Waals surface area contributed by atoms with Crippen molar-refractivity contribution in [2.24, 2.45) is 0 Å².